The van der Waals surface area contributed by atoms with E-state index >= 15 is 0 Å². The number of anilines is 4. The molecule has 2 amide bonds. The molecule has 9 heteroatoms. The minimum Gasteiger partial charge on any atom is -0.494 e. The standard InChI is InChI=1S/C21H26N6O3/c1-2-30-14-8-6-13(7-9-14)23-20(29)15-12-16(28)24-19-17(15)18(22)25-21(26-19)27-10-4-3-5-11-27/h6-9,15H,2-5,10-12H2,1H3,(H,23,29)(H3,22,24,25,26,28)/t15-/m0/s1. The minimum absolute atomic E-state index is 0.00746. The molecule has 2 aliphatic rings. The van der Waals surface area contributed by atoms with E-state index in [1.165, 1.54) is 6.42 Å². The molecule has 0 radical (unpaired) electrons. The summed E-state index contributed by atoms with van der Waals surface area (Å²) >= 11 is 0. The third-order valence-electron chi connectivity index (χ3n) is 5.35. The first-order chi connectivity index (χ1) is 14.5. The van der Waals surface area contributed by atoms with E-state index in [2.05, 4.69) is 25.5 Å². The second kappa shape index (κ2) is 8.56. The van der Waals surface area contributed by atoms with Crippen LogP contribution in [0.25, 0.3) is 0 Å². The van der Waals surface area contributed by atoms with Crippen molar-refractivity contribution >= 4 is 35.1 Å². The Morgan fingerprint density at radius 1 is 1.23 bits per heavy atom. The van der Waals surface area contributed by atoms with Gasteiger partial charge in [0, 0.05) is 25.2 Å². The van der Waals surface area contributed by atoms with Crippen LogP contribution in [0, 0.1) is 0 Å². The number of ether oxygens (including phenoxy) is 1. The van der Waals surface area contributed by atoms with Gasteiger partial charge in [-0.2, -0.15) is 9.97 Å². The van der Waals surface area contributed by atoms with Crippen LogP contribution in [0.1, 0.15) is 44.1 Å². The van der Waals surface area contributed by atoms with Crippen molar-refractivity contribution < 1.29 is 14.3 Å². The Morgan fingerprint density at radius 3 is 2.67 bits per heavy atom. The number of hydrogen-bond donors (Lipinski definition) is 3. The lowest BCUT2D eigenvalue weighted by atomic mass is 9.92. The van der Waals surface area contributed by atoms with Crippen LogP contribution in [-0.2, 0) is 9.59 Å². The van der Waals surface area contributed by atoms with E-state index in [1.807, 2.05) is 6.92 Å². The molecule has 2 aromatic rings. The average Bonchev–Trinajstić information content (AvgIpc) is 2.75. The number of rotatable bonds is 5. The first-order valence-electron chi connectivity index (χ1n) is 10.3. The Morgan fingerprint density at radius 2 is 1.97 bits per heavy atom. The lowest BCUT2D eigenvalue weighted by molar-refractivity contribution is -0.123. The smallest absolute Gasteiger partial charge is 0.232 e. The Balaban J connectivity index is 1.57. The van der Waals surface area contributed by atoms with E-state index in [0.29, 0.717) is 29.6 Å². The summed E-state index contributed by atoms with van der Waals surface area (Å²) in [4.78, 5) is 36.3. The van der Waals surface area contributed by atoms with Crippen molar-refractivity contribution in [2.45, 2.75) is 38.5 Å². The van der Waals surface area contributed by atoms with Crippen LogP contribution in [0.4, 0.5) is 23.3 Å². The molecule has 158 valence electrons. The summed E-state index contributed by atoms with van der Waals surface area (Å²) in [5.41, 5.74) is 7.33. The summed E-state index contributed by atoms with van der Waals surface area (Å²) in [5.74, 6) is 0.433. The first kappa shape index (κ1) is 19.9. The van der Waals surface area contributed by atoms with Gasteiger partial charge in [-0.1, -0.05) is 0 Å². The number of fused-ring (bicyclic) bond motifs is 1. The number of nitrogens with zero attached hydrogens (tertiary/aromatic N) is 3. The molecule has 0 spiro atoms. The summed E-state index contributed by atoms with van der Waals surface area (Å²) < 4.78 is 5.42. The van der Waals surface area contributed by atoms with E-state index in [-0.39, 0.29) is 24.1 Å². The number of benzene rings is 1. The molecule has 4 N–H and O–H groups in total. The fraction of sp³-hybridized carbons (Fsp3) is 0.429. The van der Waals surface area contributed by atoms with Gasteiger partial charge in [-0.15, -0.1) is 0 Å². The molecule has 1 atom stereocenters. The highest BCUT2D eigenvalue weighted by molar-refractivity contribution is 6.05. The van der Waals surface area contributed by atoms with Crippen LogP contribution < -0.4 is 26.0 Å². The van der Waals surface area contributed by atoms with Gasteiger partial charge >= 0.3 is 0 Å². The van der Waals surface area contributed by atoms with E-state index < -0.39 is 5.92 Å². The molecule has 1 saturated heterocycles. The summed E-state index contributed by atoms with van der Waals surface area (Å²) in [6.45, 7) is 4.18. The van der Waals surface area contributed by atoms with Gasteiger partial charge in [0.15, 0.2) is 0 Å². The van der Waals surface area contributed by atoms with Crippen molar-refractivity contribution in [1.29, 1.82) is 0 Å². The molecule has 0 aliphatic carbocycles. The molecule has 30 heavy (non-hydrogen) atoms. The fourth-order valence-corrected chi connectivity index (χ4v) is 3.87. The number of piperidine rings is 1. The number of nitrogen functional groups attached to an aromatic ring is 1. The third-order valence-corrected chi connectivity index (χ3v) is 5.35. The highest BCUT2D eigenvalue weighted by Crippen LogP contribution is 2.37. The Bertz CT molecular complexity index is 941. The SMILES string of the molecule is CCOc1ccc(NC(=O)[C@H]2CC(=O)Nc3nc(N4CCCCC4)nc(N)c32)cc1. The number of hydrogen-bond acceptors (Lipinski definition) is 7. The van der Waals surface area contributed by atoms with Crippen LogP contribution in [0.3, 0.4) is 0 Å². The summed E-state index contributed by atoms with van der Waals surface area (Å²) in [7, 11) is 0. The summed E-state index contributed by atoms with van der Waals surface area (Å²) in [5, 5.41) is 5.61. The monoisotopic (exact) mass is 410 g/mol. The maximum absolute atomic E-state index is 13.0. The van der Waals surface area contributed by atoms with Crippen molar-refractivity contribution in [1.82, 2.24) is 9.97 Å². The number of nitrogens with two attached hydrogens (primary N) is 1. The average molecular weight is 410 g/mol. The Kier molecular flexibility index (Phi) is 5.69. The number of nitrogens with one attached hydrogen (secondary N) is 2. The van der Waals surface area contributed by atoms with E-state index in [1.54, 1.807) is 24.3 Å². The zero-order valence-corrected chi connectivity index (χ0v) is 17.0. The number of carbonyl (C=O) groups excluding carboxylic acids is 2. The quantitative estimate of drug-likeness (QED) is 0.692. The Labute approximate surface area is 175 Å². The van der Waals surface area contributed by atoms with E-state index in [9.17, 15) is 9.59 Å². The molecule has 0 saturated carbocycles. The Hall–Kier alpha value is -3.36. The van der Waals surface area contributed by atoms with Crippen molar-refractivity contribution in [3.63, 3.8) is 0 Å². The summed E-state index contributed by atoms with van der Waals surface area (Å²) in [6.07, 6.45) is 3.31. The molecule has 1 fully saturated rings. The van der Waals surface area contributed by atoms with E-state index in [4.69, 9.17) is 10.5 Å². The zero-order valence-electron chi connectivity index (χ0n) is 17.0. The van der Waals surface area contributed by atoms with Crippen LogP contribution >= 0.6 is 0 Å². The number of amides is 2. The fourth-order valence-electron chi connectivity index (χ4n) is 3.87. The van der Waals surface area contributed by atoms with Crippen LogP contribution in [-0.4, -0.2) is 41.5 Å². The third kappa shape index (κ3) is 4.14. The van der Waals surface area contributed by atoms with Gasteiger partial charge in [-0.3, -0.25) is 9.59 Å². The molecular formula is C21H26N6O3. The van der Waals surface area contributed by atoms with Gasteiger partial charge in [-0.05, 0) is 50.5 Å². The predicted molar refractivity (Wildman–Crippen MR) is 115 cm³/mol. The second-order valence-electron chi connectivity index (χ2n) is 7.47. The highest BCUT2D eigenvalue weighted by atomic mass is 16.5. The van der Waals surface area contributed by atoms with Gasteiger partial charge in [0.2, 0.25) is 17.8 Å². The number of carbonyl (C=O) groups is 2. The van der Waals surface area contributed by atoms with Crippen LogP contribution in [0.5, 0.6) is 5.75 Å². The van der Waals surface area contributed by atoms with Crippen molar-refractivity contribution in [3.05, 3.63) is 29.8 Å². The van der Waals surface area contributed by atoms with Gasteiger partial charge in [0.25, 0.3) is 0 Å². The highest BCUT2D eigenvalue weighted by Gasteiger charge is 2.35. The van der Waals surface area contributed by atoms with Crippen molar-refractivity contribution in [3.8, 4) is 5.75 Å². The topological polar surface area (TPSA) is 122 Å². The molecule has 0 unspecified atom stereocenters. The van der Waals surface area contributed by atoms with Gasteiger partial charge in [0.1, 0.15) is 17.4 Å². The van der Waals surface area contributed by atoms with Crippen LogP contribution in [0.15, 0.2) is 24.3 Å². The molecule has 3 heterocycles. The van der Waals surface area contributed by atoms with Gasteiger partial charge < -0.3 is 26.0 Å². The van der Waals surface area contributed by atoms with Gasteiger partial charge in [-0.25, -0.2) is 0 Å². The largest absolute Gasteiger partial charge is 0.494 e. The van der Waals surface area contributed by atoms with Crippen LogP contribution in [0.2, 0.25) is 0 Å². The predicted octanol–water partition coefficient (Wildman–Crippen LogP) is 2.51. The lowest BCUT2D eigenvalue weighted by Crippen LogP contribution is -2.35. The molecular weight excluding hydrogens is 384 g/mol. The van der Waals surface area contributed by atoms with Gasteiger partial charge in [0.05, 0.1) is 18.1 Å². The normalized spacial score (nSPS) is 18.4. The maximum Gasteiger partial charge on any atom is 0.232 e. The molecule has 0 bridgehead atoms. The van der Waals surface area contributed by atoms with Crippen molar-refractivity contribution in [2.75, 3.05) is 41.0 Å². The summed E-state index contributed by atoms with van der Waals surface area (Å²) in [6, 6.07) is 7.07. The molecule has 9 nitrogen and oxygen atoms in total. The molecule has 1 aromatic heterocycles. The molecule has 4 rings (SSSR count). The minimum atomic E-state index is -0.754. The zero-order chi connectivity index (χ0) is 21.1. The first-order valence-corrected chi connectivity index (χ1v) is 10.3. The molecule has 2 aliphatic heterocycles. The lowest BCUT2D eigenvalue weighted by Gasteiger charge is -2.30. The number of aromatic nitrogens is 2. The molecule has 1 aromatic carbocycles. The maximum atomic E-state index is 13.0. The van der Waals surface area contributed by atoms with E-state index in [0.717, 1.165) is 31.7 Å². The van der Waals surface area contributed by atoms with Crippen molar-refractivity contribution in [2.24, 2.45) is 0 Å². The second-order valence-corrected chi connectivity index (χ2v) is 7.47.